The van der Waals surface area contributed by atoms with Gasteiger partial charge in [0.1, 0.15) is 4.33 Å². The van der Waals surface area contributed by atoms with Gasteiger partial charge in [-0.15, -0.1) is 23.2 Å². The molecule has 0 heterocycles. The van der Waals surface area contributed by atoms with Crippen LogP contribution in [0.3, 0.4) is 0 Å². The first-order valence-corrected chi connectivity index (χ1v) is 7.87. The Labute approximate surface area is 135 Å². The van der Waals surface area contributed by atoms with Gasteiger partial charge in [-0.25, -0.2) is 0 Å². The molecule has 1 saturated carbocycles. The van der Waals surface area contributed by atoms with Crippen molar-refractivity contribution in [1.82, 2.24) is 4.90 Å². The lowest BCUT2D eigenvalue weighted by Crippen LogP contribution is -2.35. The van der Waals surface area contributed by atoms with Crippen LogP contribution in [-0.2, 0) is 4.79 Å². The van der Waals surface area contributed by atoms with Crippen LogP contribution in [0.4, 0.5) is 0 Å². The molecule has 110 valence electrons. The van der Waals surface area contributed by atoms with E-state index in [1.807, 2.05) is 49.9 Å². The Morgan fingerprint density at radius 1 is 1.35 bits per heavy atom. The molecule has 1 aliphatic rings. The third-order valence-corrected chi connectivity index (χ3v) is 5.53. The fraction of sp³-hybridized carbons (Fsp3) is 0.533. The van der Waals surface area contributed by atoms with Gasteiger partial charge in [-0.2, -0.15) is 0 Å². The number of hydrogen-bond donors (Lipinski definition) is 0. The van der Waals surface area contributed by atoms with Crippen molar-refractivity contribution in [2.24, 2.45) is 11.8 Å². The average Bonchev–Trinajstić information content (AvgIpc) is 2.89. The van der Waals surface area contributed by atoms with Crippen molar-refractivity contribution in [1.29, 1.82) is 0 Å². The summed E-state index contributed by atoms with van der Waals surface area (Å²) < 4.78 is -0.912. The summed E-state index contributed by atoms with van der Waals surface area (Å²) in [6.07, 6.45) is 0. The van der Waals surface area contributed by atoms with E-state index < -0.39 is 4.33 Å². The number of carbonyl (C=O) groups excluding carboxylic acids is 1. The minimum absolute atomic E-state index is 0.00445. The highest BCUT2D eigenvalue weighted by Crippen LogP contribution is 2.59. The highest BCUT2D eigenvalue weighted by atomic mass is 35.5. The average molecular weight is 335 g/mol. The first-order valence-electron chi connectivity index (χ1n) is 6.74. The summed E-state index contributed by atoms with van der Waals surface area (Å²) in [6.45, 7) is 6.49. The van der Waals surface area contributed by atoms with Crippen molar-refractivity contribution in [3.63, 3.8) is 0 Å². The maximum atomic E-state index is 12.6. The van der Waals surface area contributed by atoms with Crippen LogP contribution < -0.4 is 0 Å². The summed E-state index contributed by atoms with van der Waals surface area (Å²) in [4.78, 5) is 14.4. The van der Waals surface area contributed by atoms with Crippen LogP contribution in [0, 0.1) is 11.8 Å². The molecule has 0 aromatic heterocycles. The summed E-state index contributed by atoms with van der Waals surface area (Å²) in [5.74, 6) is -0.280. The number of rotatable bonds is 4. The van der Waals surface area contributed by atoms with Crippen molar-refractivity contribution < 1.29 is 4.79 Å². The zero-order valence-corrected chi connectivity index (χ0v) is 14.0. The molecule has 0 N–H and O–H groups in total. The number of carbonyl (C=O) groups is 1. The highest BCUT2D eigenvalue weighted by molar-refractivity contribution is 6.52. The largest absolute Gasteiger partial charge is 0.336 e. The fourth-order valence-corrected chi connectivity index (χ4v) is 3.40. The fourth-order valence-electron chi connectivity index (χ4n) is 2.58. The van der Waals surface area contributed by atoms with E-state index in [0.29, 0.717) is 11.6 Å². The Morgan fingerprint density at radius 2 is 1.85 bits per heavy atom. The van der Waals surface area contributed by atoms with Gasteiger partial charge in [0.25, 0.3) is 0 Å². The summed E-state index contributed by atoms with van der Waals surface area (Å²) in [7, 11) is 0. The normalized spacial score (nSPS) is 25.1. The lowest BCUT2D eigenvalue weighted by molar-refractivity contribution is -0.134. The van der Waals surface area contributed by atoms with Crippen molar-refractivity contribution in [2.45, 2.75) is 31.1 Å². The van der Waals surface area contributed by atoms with Gasteiger partial charge in [-0.3, -0.25) is 4.79 Å². The van der Waals surface area contributed by atoms with Crippen LogP contribution in [0.25, 0.3) is 0 Å². The predicted molar refractivity (Wildman–Crippen MR) is 84.3 cm³/mol. The van der Waals surface area contributed by atoms with Gasteiger partial charge in [-0.1, -0.05) is 30.7 Å². The highest BCUT2D eigenvalue weighted by Gasteiger charge is 2.65. The smallest absolute Gasteiger partial charge is 0.229 e. The van der Waals surface area contributed by atoms with Crippen LogP contribution in [-0.4, -0.2) is 21.7 Å². The second-order valence-corrected chi connectivity index (χ2v) is 7.17. The minimum atomic E-state index is -0.912. The molecule has 0 spiro atoms. The molecular formula is C15H18Cl3NO. The zero-order valence-electron chi connectivity index (χ0n) is 11.7. The van der Waals surface area contributed by atoms with E-state index in [1.54, 1.807) is 0 Å². The first kappa shape index (κ1) is 15.9. The molecule has 2 rings (SSSR count). The first-order chi connectivity index (χ1) is 9.30. The lowest BCUT2D eigenvalue weighted by Gasteiger charge is -2.29. The lowest BCUT2D eigenvalue weighted by atomic mass is 10.1. The maximum absolute atomic E-state index is 12.6. The number of amides is 1. The Kier molecular flexibility index (Phi) is 4.58. The third kappa shape index (κ3) is 2.79. The molecule has 5 heteroatoms. The molecule has 1 aromatic carbocycles. The molecule has 0 bridgehead atoms. The molecular weight excluding hydrogens is 317 g/mol. The number of nitrogens with zero attached hydrogens (tertiary/aromatic N) is 1. The minimum Gasteiger partial charge on any atom is -0.336 e. The van der Waals surface area contributed by atoms with Crippen LogP contribution in [0.5, 0.6) is 0 Å². The van der Waals surface area contributed by atoms with Gasteiger partial charge >= 0.3 is 0 Å². The Bertz CT molecular complexity index is 500. The van der Waals surface area contributed by atoms with Crippen molar-refractivity contribution in [2.75, 3.05) is 6.54 Å². The quantitative estimate of drug-likeness (QED) is 0.732. The third-order valence-electron chi connectivity index (χ3n) is 4.12. The second-order valence-electron chi connectivity index (χ2n) is 5.29. The van der Waals surface area contributed by atoms with Crippen molar-refractivity contribution in [3.8, 4) is 0 Å². The molecule has 1 fully saturated rings. The molecule has 2 nitrogen and oxygen atoms in total. The molecule has 0 saturated heterocycles. The molecule has 3 atom stereocenters. The Balaban J connectivity index is 2.16. The molecule has 1 amide bonds. The van der Waals surface area contributed by atoms with E-state index in [2.05, 4.69) is 0 Å². The van der Waals surface area contributed by atoms with Crippen LogP contribution in [0.2, 0.25) is 5.02 Å². The number of hydrogen-bond acceptors (Lipinski definition) is 1. The summed E-state index contributed by atoms with van der Waals surface area (Å²) in [5, 5.41) is 0.687. The van der Waals surface area contributed by atoms with E-state index in [1.165, 1.54) is 0 Å². The van der Waals surface area contributed by atoms with E-state index >= 15 is 0 Å². The zero-order chi connectivity index (χ0) is 15.1. The molecule has 1 aromatic rings. The van der Waals surface area contributed by atoms with Gasteiger partial charge in [0.05, 0.1) is 12.0 Å². The molecule has 0 aliphatic heterocycles. The van der Waals surface area contributed by atoms with Gasteiger partial charge in [0, 0.05) is 17.5 Å². The topological polar surface area (TPSA) is 20.3 Å². The van der Waals surface area contributed by atoms with E-state index in [-0.39, 0.29) is 23.8 Å². The maximum Gasteiger partial charge on any atom is 0.229 e. The number of halogens is 3. The number of alkyl halides is 2. The van der Waals surface area contributed by atoms with E-state index in [0.717, 1.165) is 5.56 Å². The van der Waals surface area contributed by atoms with E-state index in [4.69, 9.17) is 34.8 Å². The molecule has 0 radical (unpaired) electrons. The van der Waals surface area contributed by atoms with Crippen LogP contribution in [0.1, 0.15) is 32.4 Å². The Hall–Kier alpha value is -0.440. The summed E-state index contributed by atoms with van der Waals surface area (Å²) in [6, 6.07) is 7.51. The van der Waals surface area contributed by atoms with E-state index in [9.17, 15) is 4.79 Å². The van der Waals surface area contributed by atoms with Gasteiger partial charge in [0.15, 0.2) is 0 Å². The van der Waals surface area contributed by atoms with Gasteiger partial charge in [0.2, 0.25) is 5.91 Å². The van der Waals surface area contributed by atoms with Crippen molar-refractivity contribution in [3.05, 3.63) is 34.9 Å². The van der Waals surface area contributed by atoms with Crippen molar-refractivity contribution >= 4 is 40.7 Å². The predicted octanol–water partition coefficient (Wildman–Crippen LogP) is 4.69. The second kappa shape index (κ2) is 5.75. The molecule has 3 unspecified atom stereocenters. The monoisotopic (exact) mass is 333 g/mol. The Morgan fingerprint density at radius 3 is 2.25 bits per heavy atom. The summed E-state index contributed by atoms with van der Waals surface area (Å²) in [5.41, 5.74) is 1.05. The van der Waals surface area contributed by atoms with Crippen LogP contribution >= 0.6 is 34.8 Å². The summed E-state index contributed by atoms with van der Waals surface area (Å²) >= 11 is 18.1. The van der Waals surface area contributed by atoms with Crippen LogP contribution in [0.15, 0.2) is 24.3 Å². The standard InChI is InChI=1S/C15H18Cl3NO/c1-4-19(14(20)13-9(2)15(13,17)18)10(3)11-5-7-12(16)8-6-11/h5-10,13H,4H2,1-3H3. The van der Waals surface area contributed by atoms with Gasteiger partial charge in [-0.05, 0) is 31.5 Å². The number of benzene rings is 1. The SMILES string of the molecule is CCN(C(=O)C1C(C)C1(Cl)Cl)C(C)c1ccc(Cl)cc1. The van der Waals surface area contributed by atoms with Gasteiger partial charge < -0.3 is 4.90 Å². The molecule has 1 aliphatic carbocycles. The molecule has 20 heavy (non-hydrogen) atoms.